The second kappa shape index (κ2) is 8.18. The van der Waals surface area contributed by atoms with Crippen LogP contribution in [-0.2, 0) is 5.88 Å². The predicted molar refractivity (Wildman–Crippen MR) is 78.4 cm³/mol. The standard InChI is InChI=1S/C15H22ClNO2/c1-3-12(4-2)14(18)10-17-15(19)13-7-5-6-11(8-13)9-16/h5-8,12,14,18H,3-4,9-10H2,1-2H3,(H,17,19). The normalized spacial score (nSPS) is 12.5. The zero-order valence-corrected chi connectivity index (χ0v) is 12.3. The highest BCUT2D eigenvalue weighted by molar-refractivity contribution is 6.17. The van der Waals surface area contributed by atoms with Gasteiger partial charge in [-0.15, -0.1) is 11.6 Å². The molecule has 0 saturated heterocycles. The number of alkyl halides is 1. The fourth-order valence-corrected chi connectivity index (χ4v) is 2.26. The zero-order chi connectivity index (χ0) is 14.3. The predicted octanol–water partition coefficient (Wildman–Crippen LogP) is 2.95. The minimum absolute atomic E-state index is 0.169. The van der Waals surface area contributed by atoms with Gasteiger partial charge in [-0.3, -0.25) is 4.79 Å². The van der Waals surface area contributed by atoms with Crippen LogP contribution >= 0.6 is 11.6 Å². The summed E-state index contributed by atoms with van der Waals surface area (Å²) >= 11 is 5.74. The van der Waals surface area contributed by atoms with E-state index in [1.165, 1.54) is 0 Å². The summed E-state index contributed by atoms with van der Waals surface area (Å²) in [6, 6.07) is 7.20. The van der Waals surface area contributed by atoms with Crippen LogP contribution in [0.2, 0.25) is 0 Å². The molecule has 0 aliphatic carbocycles. The van der Waals surface area contributed by atoms with Crippen LogP contribution in [-0.4, -0.2) is 23.7 Å². The maximum Gasteiger partial charge on any atom is 0.251 e. The van der Waals surface area contributed by atoms with Gasteiger partial charge in [-0.05, 0) is 23.6 Å². The monoisotopic (exact) mass is 283 g/mol. The summed E-state index contributed by atoms with van der Waals surface area (Å²) in [4.78, 5) is 12.0. The molecule has 106 valence electrons. The molecule has 2 N–H and O–H groups in total. The van der Waals surface area contributed by atoms with E-state index < -0.39 is 6.10 Å². The van der Waals surface area contributed by atoms with Crippen molar-refractivity contribution in [1.82, 2.24) is 5.32 Å². The molecule has 0 radical (unpaired) electrons. The van der Waals surface area contributed by atoms with Gasteiger partial charge in [-0.2, -0.15) is 0 Å². The Balaban J connectivity index is 2.55. The number of rotatable bonds is 7. The Kier molecular flexibility index (Phi) is 6.89. The van der Waals surface area contributed by atoms with Gasteiger partial charge in [0.05, 0.1) is 6.10 Å². The van der Waals surface area contributed by atoms with Crippen LogP contribution in [0.5, 0.6) is 0 Å². The average molecular weight is 284 g/mol. The number of aliphatic hydroxyl groups is 1. The largest absolute Gasteiger partial charge is 0.391 e. The van der Waals surface area contributed by atoms with E-state index in [-0.39, 0.29) is 18.4 Å². The number of carbonyl (C=O) groups excluding carboxylic acids is 1. The van der Waals surface area contributed by atoms with Gasteiger partial charge in [0.1, 0.15) is 0 Å². The first-order valence-electron chi connectivity index (χ1n) is 6.73. The summed E-state index contributed by atoms with van der Waals surface area (Å²) in [5.74, 6) is 0.448. The molecule has 0 heterocycles. The van der Waals surface area contributed by atoms with Crippen molar-refractivity contribution >= 4 is 17.5 Å². The summed E-state index contributed by atoms with van der Waals surface area (Å²) in [5.41, 5.74) is 1.49. The Morgan fingerprint density at radius 3 is 2.63 bits per heavy atom. The minimum Gasteiger partial charge on any atom is -0.391 e. The molecule has 1 amide bonds. The van der Waals surface area contributed by atoms with Crippen molar-refractivity contribution in [2.45, 2.75) is 38.7 Å². The van der Waals surface area contributed by atoms with E-state index in [0.717, 1.165) is 18.4 Å². The third-order valence-electron chi connectivity index (χ3n) is 3.41. The van der Waals surface area contributed by atoms with Crippen molar-refractivity contribution in [3.63, 3.8) is 0 Å². The van der Waals surface area contributed by atoms with Gasteiger partial charge < -0.3 is 10.4 Å². The van der Waals surface area contributed by atoms with Crippen LogP contribution in [0.25, 0.3) is 0 Å². The summed E-state index contributed by atoms with van der Waals surface area (Å²) in [7, 11) is 0. The number of benzene rings is 1. The number of halogens is 1. The van der Waals surface area contributed by atoms with Crippen molar-refractivity contribution in [2.24, 2.45) is 5.92 Å². The fourth-order valence-electron chi connectivity index (χ4n) is 2.09. The van der Waals surface area contributed by atoms with E-state index in [4.69, 9.17) is 11.6 Å². The molecule has 0 aromatic heterocycles. The lowest BCUT2D eigenvalue weighted by Crippen LogP contribution is -2.36. The molecule has 3 nitrogen and oxygen atoms in total. The summed E-state index contributed by atoms with van der Waals surface area (Å²) in [6.07, 6.45) is 1.33. The van der Waals surface area contributed by atoms with Gasteiger partial charge in [0.25, 0.3) is 5.91 Å². The first-order valence-corrected chi connectivity index (χ1v) is 7.26. The van der Waals surface area contributed by atoms with E-state index in [9.17, 15) is 9.90 Å². The third kappa shape index (κ3) is 4.84. The second-order valence-electron chi connectivity index (χ2n) is 4.69. The summed E-state index contributed by atoms with van der Waals surface area (Å²) in [6.45, 7) is 4.38. The highest BCUT2D eigenvalue weighted by atomic mass is 35.5. The topological polar surface area (TPSA) is 49.3 Å². The first-order chi connectivity index (χ1) is 9.12. The maximum absolute atomic E-state index is 12.0. The lowest BCUT2D eigenvalue weighted by atomic mass is 9.96. The molecule has 1 atom stereocenters. The molecule has 0 aliphatic heterocycles. The van der Waals surface area contributed by atoms with Crippen LogP contribution in [0.3, 0.4) is 0 Å². The van der Waals surface area contributed by atoms with Crippen molar-refractivity contribution in [1.29, 1.82) is 0 Å². The second-order valence-corrected chi connectivity index (χ2v) is 4.96. The number of hydrogen-bond acceptors (Lipinski definition) is 2. The summed E-state index contributed by atoms with van der Waals surface area (Å²) < 4.78 is 0. The molecule has 1 aromatic rings. The molecule has 0 aliphatic rings. The smallest absolute Gasteiger partial charge is 0.251 e. The van der Waals surface area contributed by atoms with Gasteiger partial charge in [0.15, 0.2) is 0 Å². The van der Waals surface area contributed by atoms with Gasteiger partial charge in [-0.25, -0.2) is 0 Å². The molecular formula is C15H22ClNO2. The van der Waals surface area contributed by atoms with Gasteiger partial charge in [-0.1, -0.05) is 38.8 Å². The quantitative estimate of drug-likeness (QED) is 0.756. The Bertz CT molecular complexity index is 405. The third-order valence-corrected chi connectivity index (χ3v) is 3.72. The Morgan fingerprint density at radius 1 is 1.37 bits per heavy atom. The molecule has 0 bridgehead atoms. The van der Waals surface area contributed by atoms with E-state index >= 15 is 0 Å². The van der Waals surface area contributed by atoms with Crippen LogP contribution in [0.4, 0.5) is 0 Å². The molecule has 19 heavy (non-hydrogen) atoms. The van der Waals surface area contributed by atoms with Crippen molar-refractivity contribution < 1.29 is 9.90 Å². The lowest BCUT2D eigenvalue weighted by Gasteiger charge is -2.20. The molecule has 4 heteroatoms. The van der Waals surface area contributed by atoms with Crippen LogP contribution in [0.15, 0.2) is 24.3 Å². The first kappa shape index (κ1) is 16.0. The Hall–Kier alpha value is -1.06. The molecular weight excluding hydrogens is 262 g/mol. The number of hydrogen-bond donors (Lipinski definition) is 2. The Labute approximate surface area is 120 Å². The number of nitrogens with one attached hydrogen (secondary N) is 1. The highest BCUT2D eigenvalue weighted by Crippen LogP contribution is 2.13. The highest BCUT2D eigenvalue weighted by Gasteiger charge is 2.16. The maximum atomic E-state index is 12.0. The van der Waals surface area contributed by atoms with Gasteiger partial charge in [0.2, 0.25) is 0 Å². The van der Waals surface area contributed by atoms with E-state index in [1.807, 2.05) is 26.0 Å². The van der Waals surface area contributed by atoms with Crippen molar-refractivity contribution in [3.05, 3.63) is 35.4 Å². The van der Waals surface area contributed by atoms with Gasteiger partial charge in [0, 0.05) is 18.0 Å². The molecule has 0 saturated carbocycles. The zero-order valence-electron chi connectivity index (χ0n) is 11.5. The molecule has 1 aromatic carbocycles. The van der Waals surface area contributed by atoms with Crippen LogP contribution in [0.1, 0.15) is 42.6 Å². The van der Waals surface area contributed by atoms with Crippen molar-refractivity contribution in [3.8, 4) is 0 Å². The average Bonchev–Trinajstić information content (AvgIpc) is 2.46. The minimum atomic E-state index is -0.491. The van der Waals surface area contributed by atoms with Gasteiger partial charge >= 0.3 is 0 Å². The van der Waals surface area contributed by atoms with E-state index in [0.29, 0.717) is 11.4 Å². The number of amides is 1. The van der Waals surface area contributed by atoms with Crippen molar-refractivity contribution in [2.75, 3.05) is 6.54 Å². The fraction of sp³-hybridized carbons (Fsp3) is 0.533. The molecule has 0 spiro atoms. The number of carbonyl (C=O) groups is 1. The lowest BCUT2D eigenvalue weighted by molar-refractivity contribution is 0.0816. The van der Waals surface area contributed by atoms with E-state index in [2.05, 4.69) is 5.32 Å². The van der Waals surface area contributed by atoms with E-state index in [1.54, 1.807) is 12.1 Å². The molecule has 1 unspecified atom stereocenters. The summed E-state index contributed by atoms with van der Waals surface area (Å²) in [5, 5.41) is 12.7. The van der Waals surface area contributed by atoms with Crippen LogP contribution in [0, 0.1) is 5.92 Å². The number of aliphatic hydroxyl groups excluding tert-OH is 1. The SMILES string of the molecule is CCC(CC)C(O)CNC(=O)c1cccc(CCl)c1. The molecule has 0 fully saturated rings. The Morgan fingerprint density at radius 2 is 2.05 bits per heavy atom. The molecule has 1 rings (SSSR count). The van der Waals surface area contributed by atoms with Crippen LogP contribution < -0.4 is 5.32 Å².